The normalized spacial score (nSPS) is 11.5. The Balaban J connectivity index is 0.771. The highest BCUT2D eigenvalue weighted by Gasteiger charge is 2.15. The van der Waals surface area contributed by atoms with Crippen LogP contribution in [0.5, 0.6) is 23.0 Å². The third-order valence-corrected chi connectivity index (χ3v) is 12.2. The van der Waals surface area contributed by atoms with Crippen LogP contribution in [0.25, 0.3) is 99.6 Å². The Morgan fingerprint density at radius 1 is 0.250 bits per heavy atom. The molecule has 0 N–H and O–H groups in total. The molecule has 0 radical (unpaired) electrons. The first-order valence-electron chi connectivity index (χ1n) is 22.3. The third kappa shape index (κ3) is 7.63. The number of hydrogen-bond donors (Lipinski definition) is 0. The molecule has 0 saturated heterocycles. The molecule has 0 spiro atoms. The second-order valence-corrected chi connectivity index (χ2v) is 16.6. The standard InChI is InChI=1S/C58H40N6O4/c1-35-9-3-11-37-21-27-43(59-53(35)37)45-29-23-39-13-5-17-49(55(39)61-45)65-33-67-51-19-7-15-41-25-31-47(63-57(41)51)48-32-26-42-16-8-20-52(58(42)64-48)68-34-66-50-18-6-14-40-24-30-46(62-56(40)50)44-28-22-38-12-4-10-36(2)54(38)60-44/h3-32H,33-34H2,1-2H3. The Bertz CT molecular complexity index is 3680. The minimum Gasteiger partial charge on any atom is -0.455 e. The lowest BCUT2D eigenvalue weighted by Gasteiger charge is -2.13. The van der Waals surface area contributed by atoms with Crippen LogP contribution < -0.4 is 18.9 Å². The van der Waals surface area contributed by atoms with Crippen molar-refractivity contribution >= 4 is 65.4 Å². The van der Waals surface area contributed by atoms with Crippen molar-refractivity contribution in [2.24, 2.45) is 0 Å². The second-order valence-electron chi connectivity index (χ2n) is 16.6. The molecule has 0 atom stereocenters. The number of aryl methyl sites for hydroxylation is 2. The number of para-hydroxylation sites is 6. The number of benzene rings is 6. The SMILES string of the molecule is Cc1cccc2ccc(-c3ccc4cccc(OCOc5cccc6ccc(-c7ccc8cccc(OCOc9cccc%10ccc(-c%11ccc%12cccc(C)c%12n%11)nc9%10)c8n7)nc56)c4n3)nc12. The number of hydrogen-bond acceptors (Lipinski definition) is 10. The van der Waals surface area contributed by atoms with Gasteiger partial charge in [0.15, 0.2) is 0 Å². The summed E-state index contributed by atoms with van der Waals surface area (Å²) in [5.74, 6) is 2.36. The highest BCUT2D eigenvalue weighted by Crippen LogP contribution is 2.33. The first-order valence-corrected chi connectivity index (χ1v) is 22.3. The number of nitrogens with zero attached hydrogens (tertiary/aromatic N) is 6. The summed E-state index contributed by atoms with van der Waals surface area (Å²) in [5.41, 5.74) is 11.5. The van der Waals surface area contributed by atoms with Gasteiger partial charge in [0.05, 0.1) is 45.2 Å². The predicted molar refractivity (Wildman–Crippen MR) is 269 cm³/mol. The molecule has 10 heteroatoms. The summed E-state index contributed by atoms with van der Waals surface area (Å²) < 4.78 is 25.1. The molecule has 10 nitrogen and oxygen atoms in total. The smallest absolute Gasteiger partial charge is 0.231 e. The van der Waals surface area contributed by atoms with Crippen molar-refractivity contribution in [1.29, 1.82) is 0 Å². The van der Waals surface area contributed by atoms with E-state index in [-0.39, 0.29) is 13.6 Å². The molecule has 0 aliphatic rings. The van der Waals surface area contributed by atoms with Gasteiger partial charge in [-0.15, -0.1) is 0 Å². The van der Waals surface area contributed by atoms with Gasteiger partial charge in [-0.1, -0.05) is 121 Å². The van der Waals surface area contributed by atoms with E-state index < -0.39 is 0 Å². The lowest BCUT2D eigenvalue weighted by molar-refractivity contribution is 0.122. The van der Waals surface area contributed by atoms with E-state index in [1.165, 1.54) is 0 Å². The van der Waals surface area contributed by atoms with Crippen LogP contribution in [0.3, 0.4) is 0 Å². The molecule has 0 bridgehead atoms. The number of ether oxygens (including phenoxy) is 4. The number of fused-ring (bicyclic) bond motifs is 6. The lowest BCUT2D eigenvalue weighted by atomic mass is 10.1. The minimum absolute atomic E-state index is 0.0577. The molecule has 0 aliphatic carbocycles. The van der Waals surface area contributed by atoms with Crippen LogP contribution in [0, 0.1) is 13.8 Å². The van der Waals surface area contributed by atoms with E-state index in [9.17, 15) is 0 Å². The molecular weight excluding hydrogens is 845 g/mol. The maximum Gasteiger partial charge on any atom is 0.231 e. The largest absolute Gasteiger partial charge is 0.455 e. The van der Waals surface area contributed by atoms with Gasteiger partial charge in [0.1, 0.15) is 45.1 Å². The van der Waals surface area contributed by atoms with Crippen LogP contribution >= 0.6 is 0 Å². The van der Waals surface area contributed by atoms with E-state index in [1.807, 2.05) is 146 Å². The van der Waals surface area contributed by atoms with E-state index >= 15 is 0 Å². The number of pyridine rings is 6. The van der Waals surface area contributed by atoms with Crippen molar-refractivity contribution in [3.63, 3.8) is 0 Å². The zero-order valence-electron chi connectivity index (χ0n) is 37.1. The van der Waals surface area contributed by atoms with E-state index in [0.717, 1.165) is 88.3 Å². The molecule has 0 aliphatic heterocycles. The molecule has 6 heterocycles. The summed E-state index contributed by atoms with van der Waals surface area (Å²) in [5, 5.41) is 5.92. The molecule has 68 heavy (non-hydrogen) atoms. The Hall–Kier alpha value is -9.02. The molecule has 0 unspecified atom stereocenters. The van der Waals surface area contributed by atoms with E-state index in [0.29, 0.717) is 45.4 Å². The fourth-order valence-electron chi connectivity index (χ4n) is 8.70. The van der Waals surface area contributed by atoms with Crippen LogP contribution in [0.2, 0.25) is 0 Å². The third-order valence-electron chi connectivity index (χ3n) is 12.2. The summed E-state index contributed by atoms with van der Waals surface area (Å²) in [6, 6.07) is 60.0. The average molecular weight is 885 g/mol. The highest BCUT2D eigenvalue weighted by atomic mass is 16.7. The Morgan fingerprint density at radius 3 is 0.735 bits per heavy atom. The van der Waals surface area contributed by atoms with Crippen molar-refractivity contribution in [1.82, 2.24) is 29.9 Å². The summed E-state index contributed by atoms with van der Waals surface area (Å²) in [6.07, 6.45) is 0. The molecular formula is C58H40N6O4. The highest BCUT2D eigenvalue weighted by molar-refractivity contribution is 5.91. The van der Waals surface area contributed by atoms with Crippen LogP contribution in [-0.2, 0) is 0 Å². The topological polar surface area (TPSA) is 114 Å². The van der Waals surface area contributed by atoms with Crippen molar-refractivity contribution in [3.8, 4) is 57.2 Å². The maximum absolute atomic E-state index is 6.30. The van der Waals surface area contributed by atoms with Crippen molar-refractivity contribution < 1.29 is 18.9 Å². The lowest BCUT2D eigenvalue weighted by Crippen LogP contribution is -2.07. The predicted octanol–water partition coefficient (Wildman–Crippen LogP) is 13.4. The van der Waals surface area contributed by atoms with E-state index in [4.69, 9.17) is 48.9 Å². The van der Waals surface area contributed by atoms with Crippen molar-refractivity contribution in [2.45, 2.75) is 13.8 Å². The molecule has 0 fully saturated rings. The van der Waals surface area contributed by atoms with E-state index in [1.54, 1.807) is 0 Å². The maximum atomic E-state index is 6.30. The second kappa shape index (κ2) is 17.1. The molecule has 326 valence electrons. The molecule has 6 aromatic heterocycles. The van der Waals surface area contributed by atoms with Gasteiger partial charge >= 0.3 is 0 Å². The average Bonchev–Trinajstić information content (AvgIpc) is 3.38. The van der Waals surface area contributed by atoms with Gasteiger partial charge in [-0.2, -0.15) is 0 Å². The number of rotatable bonds is 11. The minimum atomic E-state index is -0.0577. The molecule has 12 rings (SSSR count). The zero-order chi connectivity index (χ0) is 45.6. The van der Waals surface area contributed by atoms with Gasteiger partial charge in [-0.25, -0.2) is 29.9 Å². The summed E-state index contributed by atoms with van der Waals surface area (Å²) in [4.78, 5) is 30.1. The van der Waals surface area contributed by atoms with Gasteiger partial charge in [0, 0.05) is 32.3 Å². The zero-order valence-corrected chi connectivity index (χ0v) is 37.1. The summed E-state index contributed by atoms with van der Waals surface area (Å²) >= 11 is 0. The Labute approximate surface area is 390 Å². The molecule has 12 aromatic rings. The van der Waals surface area contributed by atoms with E-state index in [2.05, 4.69) is 50.2 Å². The quantitative estimate of drug-likeness (QED) is 0.116. The van der Waals surface area contributed by atoms with Gasteiger partial charge in [0.2, 0.25) is 13.6 Å². The Kier molecular flexibility index (Phi) is 10.2. The molecule has 6 aromatic carbocycles. The summed E-state index contributed by atoms with van der Waals surface area (Å²) in [6.45, 7) is 4.03. The fraction of sp³-hybridized carbons (Fsp3) is 0.0690. The van der Waals surface area contributed by atoms with Gasteiger partial charge in [-0.3, -0.25) is 0 Å². The van der Waals surface area contributed by atoms with Gasteiger partial charge in [-0.05, 0) is 85.6 Å². The Morgan fingerprint density at radius 2 is 0.471 bits per heavy atom. The molecule has 0 saturated carbocycles. The van der Waals surface area contributed by atoms with Crippen LogP contribution in [0.4, 0.5) is 0 Å². The molecule has 0 amide bonds. The monoisotopic (exact) mass is 884 g/mol. The van der Waals surface area contributed by atoms with Crippen molar-refractivity contribution in [2.75, 3.05) is 13.6 Å². The van der Waals surface area contributed by atoms with Crippen LogP contribution in [0.1, 0.15) is 11.1 Å². The number of aromatic nitrogens is 6. The first-order chi connectivity index (χ1) is 33.5. The van der Waals surface area contributed by atoms with Crippen LogP contribution in [0.15, 0.2) is 182 Å². The van der Waals surface area contributed by atoms with Gasteiger partial charge < -0.3 is 18.9 Å². The fourth-order valence-corrected chi connectivity index (χ4v) is 8.70. The van der Waals surface area contributed by atoms with Crippen molar-refractivity contribution in [3.05, 3.63) is 193 Å². The first kappa shape index (κ1) is 40.5. The van der Waals surface area contributed by atoms with Gasteiger partial charge in [0.25, 0.3) is 0 Å². The summed E-state index contributed by atoms with van der Waals surface area (Å²) in [7, 11) is 0. The van der Waals surface area contributed by atoms with Crippen LogP contribution in [-0.4, -0.2) is 43.5 Å².